The molecule has 36 heavy (non-hydrogen) atoms. The summed E-state index contributed by atoms with van der Waals surface area (Å²) in [6.07, 6.45) is 5.63. The van der Waals surface area contributed by atoms with Crippen LogP contribution in [0.4, 0.5) is 0 Å². The lowest BCUT2D eigenvalue weighted by molar-refractivity contribution is -0.188. The van der Waals surface area contributed by atoms with Gasteiger partial charge in [0.15, 0.2) is 5.79 Å². The fraction of sp³-hybridized carbons (Fsp3) is 0.759. The molecule has 3 aliphatic carbocycles. The van der Waals surface area contributed by atoms with E-state index in [2.05, 4.69) is 35.3 Å². The maximum absolute atomic E-state index is 13.1. The SMILES string of the molecule is CCNC(O)C1CC(=O)C2(C)CCC3c4ccc(OCCCN5CCC(O)(O)CC5)cc4CCC3C12. The van der Waals surface area contributed by atoms with E-state index in [1.165, 1.54) is 11.1 Å². The average molecular weight is 501 g/mol. The summed E-state index contributed by atoms with van der Waals surface area (Å²) in [7, 11) is 0. The lowest BCUT2D eigenvalue weighted by atomic mass is 9.54. The zero-order valence-corrected chi connectivity index (χ0v) is 21.9. The average Bonchev–Trinajstić information content (AvgIpc) is 3.13. The van der Waals surface area contributed by atoms with Crippen LogP contribution in [0.25, 0.3) is 0 Å². The minimum absolute atomic E-state index is 0.00508. The van der Waals surface area contributed by atoms with Crippen LogP contribution in [0.1, 0.15) is 75.8 Å². The first-order valence-electron chi connectivity index (χ1n) is 14.1. The Morgan fingerprint density at radius 1 is 1.19 bits per heavy atom. The van der Waals surface area contributed by atoms with Gasteiger partial charge in [0, 0.05) is 50.2 Å². The number of aliphatic hydroxyl groups excluding tert-OH is 1. The summed E-state index contributed by atoms with van der Waals surface area (Å²) in [6.45, 7) is 7.86. The van der Waals surface area contributed by atoms with Crippen molar-refractivity contribution in [1.29, 1.82) is 0 Å². The Labute approximate surface area is 215 Å². The van der Waals surface area contributed by atoms with E-state index in [9.17, 15) is 20.1 Å². The lowest BCUT2D eigenvalue weighted by Crippen LogP contribution is -2.48. The molecule has 0 amide bonds. The number of Topliss-reactive ketones (excluding diaryl/α,β-unsaturated/α-hetero) is 1. The number of nitrogens with zero attached hydrogens (tertiary/aromatic N) is 1. The Morgan fingerprint density at radius 2 is 1.97 bits per heavy atom. The topological polar surface area (TPSA) is 102 Å². The molecule has 1 saturated heterocycles. The molecule has 0 radical (unpaired) electrons. The first-order chi connectivity index (χ1) is 17.2. The molecule has 1 aliphatic heterocycles. The number of nitrogens with one attached hydrogen (secondary N) is 1. The summed E-state index contributed by atoms with van der Waals surface area (Å²) in [6, 6.07) is 6.58. The van der Waals surface area contributed by atoms with E-state index < -0.39 is 12.0 Å². The summed E-state index contributed by atoms with van der Waals surface area (Å²) in [4.78, 5) is 15.4. The molecule has 5 rings (SSSR count). The minimum atomic E-state index is -1.49. The number of fused-ring (bicyclic) bond motifs is 5. The highest BCUT2D eigenvalue weighted by atomic mass is 16.5. The van der Waals surface area contributed by atoms with E-state index in [4.69, 9.17) is 4.74 Å². The van der Waals surface area contributed by atoms with Crippen molar-refractivity contribution in [2.24, 2.45) is 23.2 Å². The van der Waals surface area contributed by atoms with Crippen molar-refractivity contribution in [3.05, 3.63) is 29.3 Å². The molecule has 6 atom stereocenters. The van der Waals surface area contributed by atoms with Crippen molar-refractivity contribution in [1.82, 2.24) is 10.2 Å². The Morgan fingerprint density at radius 3 is 2.72 bits per heavy atom. The van der Waals surface area contributed by atoms with Crippen LogP contribution in [0.2, 0.25) is 0 Å². The highest BCUT2D eigenvalue weighted by Gasteiger charge is 2.60. The van der Waals surface area contributed by atoms with E-state index >= 15 is 0 Å². The predicted octanol–water partition coefficient (Wildman–Crippen LogP) is 2.81. The molecule has 1 aromatic carbocycles. The summed E-state index contributed by atoms with van der Waals surface area (Å²) >= 11 is 0. The molecule has 1 aromatic rings. The molecule has 2 saturated carbocycles. The molecule has 6 unspecified atom stereocenters. The number of hydrogen-bond acceptors (Lipinski definition) is 7. The monoisotopic (exact) mass is 500 g/mol. The van der Waals surface area contributed by atoms with E-state index in [0.29, 0.717) is 63.1 Å². The Kier molecular flexibility index (Phi) is 7.50. The second-order valence-electron chi connectivity index (χ2n) is 12.0. The van der Waals surface area contributed by atoms with E-state index in [0.717, 1.165) is 44.4 Å². The first kappa shape index (κ1) is 26.1. The third-order valence-corrected chi connectivity index (χ3v) is 9.83. The van der Waals surface area contributed by atoms with Crippen LogP contribution in [0.15, 0.2) is 18.2 Å². The maximum atomic E-state index is 13.1. The van der Waals surface area contributed by atoms with Crippen LogP contribution in [-0.2, 0) is 11.2 Å². The van der Waals surface area contributed by atoms with Gasteiger partial charge in [-0.2, -0.15) is 0 Å². The summed E-state index contributed by atoms with van der Waals surface area (Å²) in [5.74, 6) is 0.906. The molecule has 7 nitrogen and oxygen atoms in total. The summed E-state index contributed by atoms with van der Waals surface area (Å²) < 4.78 is 6.10. The lowest BCUT2D eigenvalue weighted by Gasteiger charge is -2.50. The highest BCUT2D eigenvalue weighted by molar-refractivity contribution is 5.87. The van der Waals surface area contributed by atoms with Crippen LogP contribution in [0, 0.1) is 23.2 Å². The van der Waals surface area contributed by atoms with Gasteiger partial charge in [-0.15, -0.1) is 0 Å². The van der Waals surface area contributed by atoms with Crippen molar-refractivity contribution in [3.8, 4) is 5.75 Å². The van der Waals surface area contributed by atoms with Gasteiger partial charge in [-0.25, -0.2) is 0 Å². The van der Waals surface area contributed by atoms with Crippen LogP contribution in [-0.4, -0.2) is 70.8 Å². The second kappa shape index (κ2) is 10.3. The van der Waals surface area contributed by atoms with Gasteiger partial charge in [0.2, 0.25) is 0 Å². The predicted molar refractivity (Wildman–Crippen MR) is 138 cm³/mol. The number of aryl methyl sites for hydroxylation is 1. The third-order valence-electron chi connectivity index (χ3n) is 9.83. The second-order valence-corrected chi connectivity index (χ2v) is 12.0. The number of aliphatic hydroxyl groups is 3. The number of ether oxygens (including phenoxy) is 1. The highest BCUT2D eigenvalue weighted by Crippen LogP contribution is 2.61. The van der Waals surface area contributed by atoms with Gasteiger partial charge in [0.1, 0.15) is 17.8 Å². The molecule has 0 bridgehead atoms. The standard InChI is InChI=1S/C29H44N2O5/c1-3-30-27(33)24-18-25(32)28(2)10-9-22-21-8-6-20(17-19(21)5-7-23(22)26(24)28)36-16-4-13-31-14-11-29(34,35)12-15-31/h6,8,17,22-24,26-27,30,33-35H,3-5,7,9-16,18H2,1-2H3. The molecule has 4 N–H and O–H groups in total. The fourth-order valence-electron chi connectivity index (χ4n) is 7.87. The van der Waals surface area contributed by atoms with Crippen LogP contribution < -0.4 is 10.1 Å². The fourth-order valence-corrected chi connectivity index (χ4v) is 7.87. The Hall–Kier alpha value is -1.51. The minimum Gasteiger partial charge on any atom is -0.494 e. The van der Waals surface area contributed by atoms with E-state index in [1.54, 1.807) is 0 Å². The van der Waals surface area contributed by atoms with Gasteiger partial charge >= 0.3 is 0 Å². The molecule has 3 fully saturated rings. The van der Waals surface area contributed by atoms with Crippen LogP contribution >= 0.6 is 0 Å². The largest absolute Gasteiger partial charge is 0.494 e. The van der Waals surface area contributed by atoms with Gasteiger partial charge < -0.3 is 25.0 Å². The molecule has 7 heteroatoms. The van der Waals surface area contributed by atoms with Gasteiger partial charge in [0.05, 0.1) is 6.61 Å². The number of rotatable bonds is 8. The van der Waals surface area contributed by atoms with Gasteiger partial charge in [0.25, 0.3) is 0 Å². The van der Waals surface area contributed by atoms with Crippen LogP contribution in [0.5, 0.6) is 5.75 Å². The van der Waals surface area contributed by atoms with E-state index in [1.807, 2.05) is 6.92 Å². The number of benzene rings is 1. The molecule has 0 spiro atoms. The van der Waals surface area contributed by atoms with Crippen molar-refractivity contribution in [3.63, 3.8) is 0 Å². The quantitative estimate of drug-likeness (QED) is 0.322. The molecule has 0 aromatic heterocycles. The Bertz CT molecular complexity index is 942. The van der Waals surface area contributed by atoms with Gasteiger partial charge in [-0.1, -0.05) is 19.9 Å². The third kappa shape index (κ3) is 4.97. The zero-order chi connectivity index (χ0) is 25.5. The molecular formula is C29H44N2O5. The van der Waals surface area contributed by atoms with Crippen molar-refractivity contribution in [2.75, 3.05) is 32.8 Å². The number of piperidine rings is 1. The first-order valence-corrected chi connectivity index (χ1v) is 14.1. The number of carbonyl (C=O) groups excluding carboxylic acids is 1. The van der Waals surface area contributed by atoms with E-state index in [-0.39, 0.29) is 17.3 Å². The number of likely N-dealkylation sites (tertiary alicyclic amines) is 1. The van der Waals surface area contributed by atoms with Crippen LogP contribution in [0.3, 0.4) is 0 Å². The summed E-state index contributed by atoms with van der Waals surface area (Å²) in [5.41, 5.74) is 2.50. The number of ketones is 1. The van der Waals surface area contributed by atoms with Crippen molar-refractivity contribution < 1.29 is 24.9 Å². The van der Waals surface area contributed by atoms with Crippen molar-refractivity contribution >= 4 is 5.78 Å². The molecule has 200 valence electrons. The Balaban J connectivity index is 1.21. The van der Waals surface area contributed by atoms with Gasteiger partial charge in [-0.05, 0) is 79.7 Å². The maximum Gasteiger partial charge on any atom is 0.164 e. The summed E-state index contributed by atoms with van der Waals surface area (Å²) in [5, 5.41) is 33.4. The van der Waals surface area contributed by atoms with Gasteiger partial charge in [-0.3, -0.25) is 10.1 Å². The zero-order valence-electron chi connectivity index (χ0n) is 21.9. The normalized spacial score (nSPS) is 34.5. The number of hydrogen-bond donors (Lipinski definition) is 4. The van der Waals surface area contributed by atoms with Crippen molar-refractivity contribution in [2.45, 2.75) is 83.1 Å². The molecular weight excluding hydrogens is 456 g/mol. The molecule has 4 aliphatic rings. The number of carbonyl (C=O) groups is 1. The smallest absolute Gasteiger partial charge is 0.164 e. The molecule has 1 heterocycles.